The van der Waals surface area contributed by atoms with Gasteiger partial charge in [0.2, 0.25) is 0 Å². The molecule has 1 aliphatic heterocycles. The van der Waals surface area contributed by atoms with E-state index < -0.39 is 5.97 Å². The van der Waals surface area contributed by atoms with Crippen molar-refractivity contribution in [3.05, 3.63) is 12.7 Å². The second kappa shape index (κ2) is 7.78. The molecule has 1 fully saturated rings. The van der Waals surface area contributed by atoms with Crippen LogP contribution in [0.25, 0.3) is 0 Å². The predicted molar refractivity (Wildman–Crippen MR) is 70.8 cm³/mol. The van der Waals surface area contributed by atoms with E-state index in [0.29, 0.717) is 19.6 Å². The summed E-state index contributed by atoms with van der Waals surface area (Å²) in [5.74, 6) is -0.799. The maximum absolute atomic E-state index is 12.3. The van der Waals surface area contributed by atoms with E-state index in [2.05, 4.69) is 6.58 Å². The number of likely N-dealkylation sites (tertiary alicyclic amines) is 1. The summed E-state index contributed by atoms with van der Waals surface area (Å²) in [5.41, 5.74) is 0. The second-order valence-corrected chi connectivity index (χ2v) is 4.79. The van der Waals surface area contributed by atoms with Gasteiger partial charge in [0, 0.05) is 32.6 Å². The Morgan fingerprint density at radius 2 is 2.21 bits per heavy atom. The number of urea groups is 1. The van der Waals surface area contributed by atoms with Crippen LogP contribution >= 0.6 is 0 Å². The SMILES string of the molecule is C=CCN(CCO)C(=O)N1CCCC(CC(=O)O)C1. The highest BCUT2D eigenvalue weighted by Crippen LogP contribution is 2.20. The first-order chi connectivity index (χ1) is 9.08. The molecule has 0 aliphatic carbocycles. The fraction of sp³-hybridized carbons (Fsp3) is 0.692. The van der Waals surface area contributed by atoms with E-state index in [4.69, 9.17) is 10.2 Å². The van der Waals surface area contributed by atoms with Crippen LogP contribution in [0.5, 0.6) is 0 Å². The zero-order valence-electron chi connectivity index (χ0n) is 11.1. The predicted octanol–water partition coefficient (Wildman–Crippen LogP) is 0.773. The van der Waals surface area contributed by atoms with Crippen molar-refractivity contribution in [1.82, 2.24) is 9.80 Å². The van der Waals surface area contributed by atoms with Crippen LogP contribution in [0.4, 0.5) is 4.79 Å². The van der Waals surface area contributed by atoms with Crippen molar-refractivity contribution in [1.29, 1.82) is 0 Å². The molecule has 1 atom stereocenters. The third kappa shape index (κ3) is 4.90. The molecule has 0 radical (unpaired) electrons. The Kier molecular flexibility index (Phi) is 6.35. The highest BCUT2D eigenvalue weighted by molar-refractivity contribution is 5.75. The van der Waals surface area contributed by atoms with Crippen LogP contribution in [-0.4, -0.2) is 64.8 Å². The molecule has 6 heteroatoms. The molecule has 0 saturated carbocycles. The number of hydrogen-bond donors (Lipinski definition) is 2. The molecule has 0 aromatic rings. The van der Waals surface area contributed by atoms with E-state index in [9.17, 15) is 9.59 Å². The number of hydrogen-bond acceptors (Lipinski definition) is 3. The molecule has 1 unspecified atom stereocenters. The molecule has 1 heterocycles. The number of carbonyl (C=O) groups is 2. The average molecular weight is 270 g/mol. The van der Waals surface area contributed by atoms with Crippen LogP contribution in [0.1, 0.15) is 19.3 Å². The number of aliphatic hydroxyl groups is 1. The molecule has 0 bridgehead atoms. The van der Waals surface area contributed by atoms with Crippen molar-refractivity contribution < 1.29 is 19.8 Å². The number of carbonyl (C=O) groups excluding carboxylic acids is 1. The molecule has 1 rings (SSSR count). The molecular weight excluding hydrogens is 248 g/mol. The molecule has 2 amide bonds. The summed E-state index contributed by atoms with van der Waals surface area (Å²) in [6, 6.07) is -0.149. The van der Waals surface area contributed by atoms with Gasteiger partial charge >= 0.3 is 12.0 Å². The van der Waals surface area contributed by atoms with Gasteiger partial charge in [-0.1, -0.05) is 6.08 Å². The van der Waals surface area contributed by atoms with Gasteiger partial charge < -0.3 is 20.0 Å². The Balaban J connectivity index is 2.58. The lowest BCUT2D eigenvalue weighted by atomic mass is 9.95. The Morgan fingerprint density at radius 1 is 1.47 bits per heavy atom. The van der Waals surface area contributed by atoms with Gasteiger partial charge in [-0.05, 0) is 18.8 Å². The summed E-state index contributed by atoms with van der Waals surface area (Å²) in [7, 11) is 0. The van der Waals surface area contributed by atoms with Crippen LogP contribution in [0, 0.1) is 5.92 Å². The van der Waals surface area contributed by atoms with Gasteiger partial charge in [0.15, 0.2) is 0 Å². The van der Waals surface area contributed by atoms with Gasteiger partial charge in [-0.25, -0.2) is 4.79 Å². The molecule has 0 aromatic carbocycles. The lowest BCUT2D eigenvalue weighted by molar-refractivity contribution is -0.138. The Bertz CT molecular complexity index is 333. The average Bonchev–Trinajstić information content (AvgIpc) is 2.37. The van der Waals surface area contributed by atoms with Gasteiger partial charge in [-0.3, -0.25) is 4.79 Å². The lowest BCUT2D eigenvalue weighted by Crippen LogP contribution is -2.48. The number of amides is 2. The van der Waals surface area contributed by atoms with E-state index >= 15 is 0 Å². The van der Waals surface area contributed by atoms with Crippen molar-refractivity contribution in [2.45, 2.75) is 19.3 Å². The van der Waals surface area contributed by atoms with Gasteiger partial charge in [0.05, 0.1) is 6.61 Å². The van der Waals surface area contributed by atoms with E-state index in [0.717, 1.165) is 12.8 Å². The molecule has 6 nitrogen and oxygen atoms in total. The van der Waals surface area contributed by atoms with E-state index in [1.54, 1.807) is 11.0 Å². The van der Waals surface area contributed by atoms with E-state index in [1.165, 1.54) is 4.90 Å². The first-order valence-corrected chi connectivity index (χ1v) is 6.56. The third-order valence-electron chi connectivity index (χ3n) is 3.24. The molecular formula is C13H22N2O4. The number of nitrogens with zero attached hydrogens (tertiary/aromatic N) is 2. The number of aliphatic carboxylic acids is 1. The number of aliphatic hydroxyl groups excluding tert-OH is 1. The lowest BCUT2D eigenvalue weighted by Gasteiger charge is -2.35. The molecule has 1 saturated heterocycles. The number of carboxylic acids is 1. The van der Waals surface area contributed by atoms with Crippen molar-refractivity contribution in [2.24, 2.45) is 5.92 Å². The first-order valence-electron chi connectivity index (χ1n) is 6.56. The second-order valence-electron chi connectivity index (χ2n) is 4.79. The molecule has 0 aromatic heterocycles. The van der Waals surface area contributed by atoms with E-state index in [-0.39, 0.29) is 31.5 Å². The standard InChI is InChI=1S/C13H22N2O4/c1-2-5-14(7-8-16)13(19)15-6-3-4-11(10-15)9-12(17)18/h2,11,16H,1,3-10H2,(H,17,18). The summed E-state index contributed by atoms with van der Waals surface area (Å²) in [4.78, 5) is 26.2. The summed E-state index contributed by atoms with van der Waals surface area (Å²) in [5, 5.41) is 17.8. The summed E-state index contributed by atoms with van der Waals surface area (Å²) >= 11 is 0. The maximum atomic E-state index is 12.3. The van der Waals surface area contributed by atoms with Crippen LogP contribution in [0.3, 0.4) is 0 Å². The summed E-state index contributed by atoms with van der Waals surface area (Å²) < 4.78 is 0. The molecule has 1 aliphatic rings. The molecule has 108 valence electrons. The molecule has 2 N–H and O–H groups in total. The van der Waals surface area contributed by atoms with E-state index in [1.807, 2.05) is 0 Å². The van der Waals surface area contributed by atoms with Crippen molar-refractivity contribution >= 4 is 12.0 Å². The Morgan fingerprint density at radius 3 is 2.79 bits per heavy atom. The zero-order chi connectivity index (χ0) is 14.3. The monoisotopic (exact) mass is 270 g/mol. The largest absolute Gasteiger partial charge is 0.481 e. The Labute approximate surface area is 113 Å². The molecule has 0 spiro atoms. The minimum atomic E-state index is -0.822. The van der Waals surface area contributed by atoms with Crippen LogP contribution < -0.4 is 0 Å². The number of carboxylic acid groups (broad SMARTS) is 1. The van der Waals surface area contributed by atoms with Crippen LogP contribution in [0.2, 0.25) is 0 Å². The summed E-state index contributed by atoms with van der Waals surface area (Å²) in [6.07, 6.45) is 3.39. The van der Waals surface area contributed by atoms with Crippen LogP contribution in [-0.2, 0) is 4.79 Å². The van der Waals surface area contributed by atoms with Gasteiger partial charge in [0.25, 0.3) is 0 Å². The fourth-order valence-corrected chi connectivity index (χ4v) is 2.39. The fourth-order valence-electron chi connectivity index (χ4n) is 2.39. The van der Waals surface area contributed by atoms with Crippen molar-refractivity contribution in [3.63, 3.8) is 0 Å². The zero-order valence-corrected chi connectivity index (χ0v) is 11.1. The third-order valence-corrected chi connectivity index (χ3v) is 3.24. The maximum Gasteiger partial charge on any atom is 0.320 e. The highest BCUT2D eigenvalue weighted by atomic mass is 16.4. The van der Waals surface area contributed by atoms with Crippen molar-refractivity contribution in [3.8, 4) is 0 Å². The normalized spacial score (nSPS) is 19.0. The Hall–Kier alpha value is -1.56. The minimum absolute atomic E-state index is 0.0231. The first kappa shape index (κ1) is 15.5. The highest BCUT2D eigenvalue weighted by Gasteiger charge is 2.27. The smallest absolute Gasteiger partial charge is 0.320 e. The van der Waals surface area contributed by atoms with Gasteiger partial charge in [-0.2, -0.15) is 0 Å². The summed E-state index contributed by atoms with van der Waals surface area (Å²) in [6.45, 7) is 5.28. The quantitative estimate of drug-likeness (QED) is 0.699. The van der Waals surface area contributed by atoms with Gasteiger partial charge in [-0.15, -0.1) is 6.58 Å². The van der Waals surface area contributed by atoms with Crippen LogP contribution in [0.15, 0.2) is 12.7 Å². The van der Waals surface area contributed by atoms with Gasteiger partial charge in [0.1, 0.15) is 0 Å². The van der Waals surface area contributed by atoms with Crippen molar-refractivity contribution in [2.75, 3.05) is 32.8 Å². The minimum Gasteiger partial charge on any atom is -0.481 e. The number of rotatable bonds is 6. The topological polar surface area (TPSA) is 81.1 Å². The molecule has 19 heavy (non-hydrogen) atoms. The number of piperidine rings is 1.